The summed E-state index contributed by atoms with van der Waals surface area (Å²) in [6.07, 6.45) is 0. The summed E-state index contributed by atoms with van der Waals surface area (Å²) in [5.74, 6) is 1.89. The molecular formula is C29H24N2O3S. The minimum absolute atomic E-state index is 0.149. The van der Waals surface area contributed by atoms with Gasteiger partial charge in [0.15, 0.2) is 5.13 Å². The van der Waals surface area contributed by atoms with E-state index in [1.54, 1.807) is 17.0 Å². The fraction of sp³-hybridized carbons (Fsp3) is 0.103. The Bertz CT molecular complexity index is 1430. The Morgan fingerprint density at radius 1 is 0.857 bits per heavy atom. The predicted molar refractivity (Wildman–Crippen MR) is 141 cm³/mol. The molecule has 4 aromatic carbocycles. The van der Waals surface area contributed by atoms with Crippen LogP contribution in [0.25, 0.3) is 10.2 Å². The van der Waals surface area contributed by atoms with E-state index in [0.717, 1.165) is 21.5 Å². The number of ether oxygens (including phenoxy) is 2. The third-order valence-corrected chi connectivity index (χ3v) is 6.43. The highest BCUT2D eigenvalue weighted by Crippen LogP contribution is 2.35. The third-order valence-electron chi connectivity index (χ3n) is 5.39. The number of aromatic nitrogens is 1. The first-order valence-corrected chi connectivity index (χ1v) is 12.2. The lowest BCUT2D eigenvalue weighted by Crippen LogP contribution is -2.30. The summed E-state index contributed by atoms with van der Waals surface area (Å²) in [6, 6.07) is 32.5. The molecule has 1 heterocycles. The van der Waals surface area contributed by atoms with E-state index < -0.39 is 0 Å². The Morgan fingerprint density at radius 3 is 2.34 bits per heavy atom. The number of anilines is 1. The van der Waals surface area contributed by atoms with Gasteiger partial charge < -0.3 is 9.47 Å². The molecule has 35 heavy (non-hydrogen) atoms. The molecule has 6 heteroatoms. The molecule has 0 spiro atoms. The van der Waals surface area contributed by atoms with Crippen LogP contribution in [0.5, 0.6) is 17.2 Å². The zero-order chi connectivity index (χ0) is 24.0. The first-order valence-electron chi connectivity index (χ1n) is 11.4. The number of benzene rings is 4. The molecule has 5 nitrogen and oxygen atoms in total. The Labute approximate surface area is 208 Å². The summed E-state index contributed by atoms with van der Waals surface area (Å²) in [6.45, 7) is 2.89. The number of hydrogen-bond donors (Lipinski definition) is 0. The third kappa shape index (κ3) is 5.18. The lowest BCUT2D eigenvalue weighted by Gasteiger charge is -2.20. The molecule has 0 aliphatic heterocycles. The molecule has 0 fully saturated rings. The maximum atomic E-state index is 13.8. The van der Waals surface area contributed by atoms with Crippen molar-refractivity contribution >= 4 is 32.6 Å². The number of nitrogens with zero attached hydrogens (tertiary/aromatic N) is 2. The maximum absolute atomic E-state index is 13.8. The van der Waals surface area contributed by atoms with Crippen LogP contribution in [0.1, 0.15) is 22.8 Å². The van der Waals surface area contributed by atoms with Gasteiger partial charge in [-0.15, -0.1) is 0 Å². The summed E-state index contributed by atoms with van der Waals surface area (Å²) in [5.41, 5.74) is 2.31. The van der Waals surface area contributed by atoms with Gasteiger partial charge in [-0.3, -0.25) is 9.69 Å². The summed E-state index contributed by atoms with van der Waals surface area (Å²) in [5, 5.41) is 0.621. The van der Waals surface area contributed by atoms with Gasteiger partial charge in [-0.2, -0.15) is 0 Å². The van der Waals surface area contributed by atoms with E-state index in [9.17, 15) is 4.79 Å². The van der Waals surface area contributed by atoms with Gasteiger partial charge in [0, 0.05) is 5.56 Å². The van der Waals surface area contributed by atoms with Crippen molar-refractivity contribution in [2.75, 3.05) is 11.5 Å². The molecule has 1 amide bonds. The molecule has 0 saturated heterocycles. The number of thiazole rings is 1. The summed E-state index contributed by atoms with van der Waals surface area (Å²) < 4.78 is 12.7. The number of rotatable bonds is 8. The van der Waals surface area contributed by atoms with Crippen LogP contribution >= 0.6 is 11.3 Å². The van der Waals surface area contributed by atoms with E-state index in [2.05, 4.69) is 0 Å². The molecule has 0 unspecified atom stereocenters. The van der Waals surface area contributed by atoms with Gasteiger partial charge in [-0.25, -0.2) is 4.98 Å². The number of para-hydroxylation sites is 2. The molecule has 0 saturated carbocycles. The number of carbonyl (C=O) groups excluding carboxylic acids is 1. The van der Waals surface area contributed by atoms with Crippen LogP contribution in [0, 0.1) is 0 Å². The van der Waals surface area contributed by atoms with Gasteiger partial charge in [0.1, 0.15) is 22.8 Å². The lowest BCUT2D eigenvalue weighted by atomic mass is 10.1. The van der Waals surface area contributed by atoms with Crippen LogP contribution in [0.3, 0.4) is 0 Å². The number of carbonyl (C=O) groups is 1. The Kier molecular flexibility index (Phi) is 6.73. The quantitative estimate of drug-likeness (QED) is 0.233. The number of fused-ring (bicyclic) bond motifs is 1. The minimum atomic E-state index is -0.149. The van der Waals surface area contributed by atoms with Gasteiger partial charge in [0.05, 0.1) is 17.9 Å². The van der Waals surface area contributed by atoms with Crippen LogP contribution in [-0.4, -0.2) is 17.5 Å². The van der Waals surface area contributed by atoms with Gasteiger partial charge >= 0.3 is 0 Å². The number of amides is 1. The highest BCUT2D eigenvalue weighted by molar-refractivity contribution is 7.22. The smallest absolute Gasteiger partial charge is 0.260 e. The second-order valence-electron chi connectivity index (χ2n) is 7.85. The number of hydrogen-bond acceptors (Lipinski definition) is 5. The normalized spacial score (nSPS) is 10.8. The first-order chi connectivity index (χ1) is 17.2. The largest absolute Gasteiger partial charge is 0.492 e. The molecule has 1 aromatic heterocycles. The summed E-state index contributed by atoms with van der Waals surface area (Å²) in [7, 11) is 0. The Balaban J connectivity index is 1.51. The van der Waals surface area contributed by atoms with Crippen LogP contribution in [-0.2, 0) is 6.54 Å². The van der Waals surface area contributed by atoms with Crippen LogP contribution in [0.4, 0.5) is 5.13 Å². The van der Waals surface area contributed by atoms with Gasteiger partial charge in [0.2, 0.25) is 0 Å². The highest BCUT2D eigenvalue weighted by Gasteiger charge is 2.23. The molecule has 5 aromatic rings. The van der Waals surface area contributed by atoms with Crippen LogP contribution in [0.15, 0.2) is 103 Å². The van der Waals surface area contributed by atoms with Crippen molar-refractivity contribution in [1.29, 1.82) is 0 Å². The Morgan fingerprint density at radius 2 is 1.57 bits per heavy atom. The minimum Gasteiger partial charge on any atom is -0.492 e. The Hall–Kier alpha value is -4.16. The molecule has 0 bridgehead atoms. The van der Waals surface area contributed by atoms with E-state index in [1.807, 2.05) is 97.9 Å². The van der Waals surface area contributed by atoms with E-state index in [4.69, 9.17) is 14.5 Å². The van der Waals surface area contributed by atoms with E-state index in [1.165, 1.54) is 11.3 Å². The molecular weight excluding hydrogens is 456 g/mol. The second-order valence-corrected chi connectivity index (χ2v) is 8.86. The van der Waals surface area contributed by atoms with Crippen LogP contribution in [0.2, 0.25) is 0 Å². The fourth-order valence-electron chi connectivity index (χ4n) is 3.76. The van der Waals surface area contributed by atoms with Crippen LogP contribution < -0.4 is 14.4 Å². The monoisotopic (exact) mass is 480 g/mol. The molecule has 0 N–H and O–H groups in total. The standard InChI is InChI=1S/C29H24N2O3S/c1-2-33-25-17-10-18-26-27(25)30-29(35-26)31(20-21-11-5-3-6-12-21)28(32)22-13-9-16-24(19-22)34-23-14-7-4-8-15-23/h3-19H,2,20H2,1H3. The first kappa shape index (κ1) is 22.6. The van der Waals surface area contributed by atoms with Crippen molar-refractivity contribution in [2.45, 2.75) is 13.5 Å². The zero-order valence-corrected chi connectivity index (χ0v) is 20.1. The molecule has 0 aliphatic rings. The average molecular weight is 481 g/mol. The van der Waals surface area contributed by atoms with Crippen molar-refractivity contribution in [3.05, 3.63) is 114 Å². The fourth-order valence-corrected chi connectivity index (χ4v) is 4.75. The second kappa shape index (κ2) is 10.4. The van der Waals surface area contributed by atoms with Crippen molar-refractivity contribution in [3.8, 4) is 17.2 Å². The van der Waals surface area contributed by atoms with Crippen molar-refractivity contribution in [1.82, 2.24) is 4.98 Å². The summed E-state index contributed by atoms with van der Waals surface area (Å²) in [4.78, 5) is 20.4. The van der Waals surface area contributed by atoms with Gasteiger partial charge in [0.25, 0.3) is 5.91 Å². The molecule has 5 rings (SSSR count). The van der Waals surface area contributed by atoms with E-state index >= 15 is 0 Å². The molecule has 0 aliphatic carbocycles. The summed E-state index contributed by atoms with van der Waals surface area (Å²) >= 11 is 1.48. The molecule has 0 atom stereocenters. The topological polar surface area (TPSA) is 51.7 Å². The van der Waals surface area contributed by atoms with E-state index in [0.29, 0.717) is 35.3 Å². The van der Waals surface area contributed by atoms with E-state index in [-0.39, 0.29) is 5.91 Å². The van der Waals surface area contributed by atoms with Crippen molar-refractivity contribution < 1.29 is 14.3 Å². The SMILES string of the molecule is CCOc1cccc2sc(N(Cc3ccccc3)C(=O)c3cccc(Oc4ccccc4)c3)nc12. The van der Waals surface area contributed by atoms with Gasteiger partial charge in [-0.05, 0) is 55.0 Å². The highest BCUT2D eigenvalue weighted by atomic mass is 32.1. The van der Waals surface area contributed by atoms with Gasteiger partial charge in [-0.1, -0.05) is 72.0 Å². The zero-order valence-electron chi connectivity index (χ0n) is 19.3. The maximum Gasteiger partial charge on any atom is 0.260 e. The van der Waals surface area contributed by atoms with Crippen molar-refractivity contribution in [3.63, 3.8) is 0 Å². The lowest BCUT2D eigenvalue weighted by molar-refractivity contribution is 0.0985. The predicted octanol–water partition coefficient (Wildman–Crippen LogP) is 7.33. The molecule has 174 valence electrons. The average Bonchev–Trinajstić information content (AvgIpc) is 3.34. The molecule has 0 radical (unpaired) electrons. The van der Waals surface area contributed by atoms with Crippen molar-refractivity contribution in [2.24, 2.45) is 0 Å².